The summed E-state index contributed by atoms with van der Waals surface area (Å²) < 4.78 is 36.8. The van der Waals surface area contributed by atoms with Crippen molar-refractivity contribution in [2.45, 2.75) is 6.54 Å². The monoisotopic (exact) mass is 396 g/mol. The van der Waals surface area contributed by atoms with E-state index in [9.17, 15) is 13.6 Å². The molecule has 2 heterocycles. The van der Waals surface area contributed by atoms with Gasteiger partial charge < -0.3 is 14.6 Å². The molecule has 0 spiro atoms. The normalized spacial score (nSPS) is 10.8. The fourth-order valence-electron chi connectivity index (χ4n) is 2.66. The third-order valence-electron chi connectivity index (χ3n) is 4.10. The molecule has 0 aliphatic rings. The van der Waals surface area contributed by atoms with Crippen LogP contribution in [0.3, 0.4) is 0 Å². The van der Waals surface area contributed by atoms with Gasteiger partial charge in [0.05, 0.1) is 0 Å². The van der Waals surface area contributed by atoms with Crippen molar-refractivity contribution in [1.82, 2.24) is 20.4 Å². The first-order chi connectivity index (χ1) is 14.1. The number of hydrogen-bond acceptors (Lipinski definition) is 6. The summed E-state index contributed by atoms with van der Waals surface area (Å²) in [7, 11) is 0. The number of ether oxygens (including phenoxy) is 1. The largest absolute Gasteiger partial charge is 0.467 e. The summed E-state index contributed by atoms with van der Waals surface area (Å²) in [4.78, 5) is 20.1. The number of amides is 1. The Morgan fingerprint density at radius 2 is 1.69 bits per heavy atom. The standard InChI is InChI=1S/C20H14F2N4O3/c21-14-5-1-12(2-6-14)9-23-16(27)10-28-19-17-18(13-3-7-15(22)8-4-13)26-29-20(17)25-11-24-19/h1-8,11H,9-10H2,(H,23,27). The molecule has 1 amide bonds. The van der Waals surface area contributed by atoms with Gasteiger partial charge in [-0.15, -0.1) is 0 Å². The van der Waals surface area contributed by atoms with Gasteiger partial charge in [0.15, 0.2) is 6.61 Å². The van der Waals surface area contributed by atoms with Crippen LogP contribution >= 0.6 is 0 Å². The maximum absolute atomic E-state index is 13.2. The minimum absolute atomic E-state index is 0.118. The Morgan fingerprint density at radius 1 is 1.00 bits per heavy atom. The molecule has 0 unspecified atom stereocenters. The summed E-state index contributed by atoms with van der Waals surface area (Å²) in [6.07, 6.45) is 1.23. The van der Waals surface area contributed by atoms with Crippen molar-refractivity contribution in [3.63, 3.8) is 0 Å². The average molecular weight is 396 g/mol. The summed E-state index contributed by atoms with van der Waals surface area (Å²) in [5.74, 6) is -0.998. The Hall–Kier alpha value is -3.88. The van der Waals surface area contributed by atoms with Gasteiger partial charge in [-0.1, -0.05) is 17.3 Å². The van der Waals surface area contributed by atoms with Gasteiger partial charge in [0, 0.05) is 12.1 Å². The molecule has 2 aromatic heterocycles. The van der Waals surface area contributed by atoms with Crippen molar-refractivity contribution < 1.29 is 22.8 Å². The van der Waals surface area contributed by atoms with Crippen LogP contribution in [0.15, 0.2) is 59.4 Å². The van der Waals surface area contributed by atoms with Gasteiger partial charge in [-0.25, -0.2) is 13.8 Å². The lowest BCUT2D eigenvalue weighted by molar-refractivity contribution is -0.123. The maximum atomic E-state index is 13.2. The molecule has 0 fully saturated rings. The van der Waals surface area contributed by atoms with Crippen LogP contribution in [0.25, 0.3) is 22.4 Å². The second kappa shape index (κ2) is 8.01. The van der Waals surface area contributed by atoms with Gasteiger partial charge in [-0.3, -0.25) is 4.79 Å². The van der Waals surface area contributed by atoms with Crippen LogP contribution in [-0.2, 0) is 11.3 Å². The fourth-order valence-corrected chi connectivity index (χ4v) is 2.66. The number of aromatic nitrogens is 3. The second-order valence-corrected chi connectivity index (χ2v) is 6.09. The number of halogens is 2. The van der Waals surface area contributed by atoms with Crippen molar-refractivity contribution in [3.05, 3.63) is 72.1 Å². The first-order valence-corrected chi connectivity index (χ1v) is 8.60. The predicted molar refractivity (Wildman–Crippen MR) is 98.7 cm³/mol. The molecule has 9 heteroatoms. The Morgan fingerprint density at radius 3 is 2.41 bits per heavy atom. The number of carbonyl (C=O) groups excluding carboxylic acids is 1. The van der Waals surface area contributed by atoms with E-state index in [2.05, 4.69) is 20.4 Å². The van der Waals surface area contributed by atoms with Crippen molar-refractivity contribution in [2.75, 3.05) is 6.61 Å². The number of rotatable bonds is 6. The van der Waals surface area contributed by atoms with Crippen LogP contribution in [0.4, 0.5) is 8.78 Å². The molecule has 29 heavy (non-hydrogen) atoms. The van der Waals surface area contributed by atoms with Gasteiger partial charge in [-0.2, -0.15) is 4.98 Å². The van der Waals surface area contributed by atoms with Crippen LogP contribution in [0.1, 0.15) is 5.56 Å². The molecule has 1 N–H and O–H groups in total. The highest BCUT2D eigenvalue weighted by Crippen LogP contribution is 2.32. The van der Waals surface area contributed by atoms with Crippen LogP contribution in [0.2, 0.25) is 0 Å². The summed E-state index contributed by atoms with van der Waals surface area (Å²) in [6, 6.07) is 11.5. The number of nitrogens with one attached hydrogen (secondary N) is 1. The molecular formula is C20H14F2N4O3. The molecule has 2 aromatic carbocycles. The lowest BCUT2D eigenvalue weighted by atomic mass is 10.1. The molecular weight excluding hydrogens is 382 g/mol. The third kappa shape index (κ3) is 4.18. The predicted octanol–water partition coefficient (Wildman–Crippen LogP) is 3.26. The first-order valence-electron chi connectivity index (χ1n) is 8.60. The zero-order chi connectivity index (χ0) is 20.2. The van der Waals surface area contributed by atoms with E-state index in [-0.39, 0.29) is 42.3 Å². The Balaban J connectivity index is 1.47. The zero-order valence-corrected chi connectivity index (χ0v) is 14.9. The molecule has 0 radical (unpaired) electrons. The topological polar surface area (TPSA) is 90.1 Å². The molecule has 0 aliphatic carbocycles. The summed E-state index contributed by atoms with van der Waals surface area (Å²) in [5.41, 5.74) is 1.90. The molecule has 146 valence electrons. The third-order valence-corrected chi connectivity index (χ3v) is 4.10. The molecule has 0 aliphatic heterocycles. The fraction of sp³-hybridized carbons (Fsp3) is 0.100. The summed E-state index contributed by atoms with van der Waals surface area (Å²) in [6.45, 7) is -0.0723. The number of hydrogen-bond donors (Lipinski definition) is 1. The average Bonchev–Trinajstić information content (AvgIpc) is 3.17. The van der Waals surface area contributed by atoms with Crippen molar-refractivity contribution >= 4 is 17.0 Å². The first kappa shape index (κ1) is 18.5. The van der Waals surface area contributed by atoms with Crippen LogP contribution in [0.5, 0.6) is 5.88 Å². The van der Waals surface area contributed by atoms with Gasteiger partial charge in [0.25, 0.3) is 11.6 Å². The Kier molecular flexibility index (Phi) is 5.10. The molecule has 7 nitrogen and oxygen atoms in total. The minimum atomic E-state index is -0.388. The molecule has 0 saturated carbocycles. The van der Waals surface area contributed by atoms with Gasteiger partial charge in [0.1, 0.15) is 29.0 Å². The number of benzene rings is 2. The molecule has 0 saturated heterocycles. The van der Waals surface area contributed by atoms with E-state index < -0.39 is 0 Å². The Labute approximate surface area is 163 Å². The number of nitrogens with zero attached hydrogens (tertiary/aromatic N) is 3. The smallest absolute Gasteiger partial charge is 0.265 e. The number of carbonyl (C=O) groups is 1. The van der Waals surface area contributed by atoms with E-state index in [1.54, 1.807) is 24.3 Å². The zero-order valence-electron chi connectivity index (χ0n) is 14.9. The van der Waals surface area contributed by atoms with E-state index in [1.165, 1.54) is 30.6 Å². The van der Waals surface area contributed by atoms with E-state index in [4.69, 9.17) is 9.26 Å². The van der Waals surface area contributed by atoms with E-state index in [0.29, 0.717) is 16.6 Å². The lowest BCUT2D eigenvalue weighted by Gasteiger charge is -2.08. The van der Waals surface area contributed by atoms with E-state index in [1.807, 2.05) is 0 Å². The highest BCUT2D eigenvalue weighted by atomic mass is 19.1. The van der Waals surface area contributed by atoms with Crippen molar-refractivity contribution in [2.24, 2.45) is 0 Å². The minimum Gasteiger partial charge on any atom is -0.467 e. The van der Waals surface area contributed by atoms with E-state index in [0.717, 1.165) is 5.56 Å². The van der Waals surface area contributed by atoms with Crippen molar-refractivity contribution in [3.8, 4) is 17.1 Å². The van der Waals surface area contributed by atoms with Gasteiger partial charge in [0.2, 0.25) is 5.88 Å². The molecule has 0 bridgehead atoms. The maximum Gasteiger partial charge on any atom is 0.265 e. The SMILES string of the molecule is O=C(COc1ncnc2onc(-c3ccc(F)cc3)c12)NCc1ccc(F)cc1. The van der Waals surface area contributed by atoms with Crippen LogP contribution in [0, 0.1) is 11.6 Å². The van der Waals surface area contributed by atoms with Gasteiger partial charge >= 0.3 is 0 Å². The molecule has 4 rings (SSSR count). The molecule has 4 aromatic rings. The van der Waals surface area contributed by atoms with Crippen LogP contribution in [-0.4, -0.2) is 27.6 Å². The van der Waals surface area contributed by atoms with Gasteiger partial charge in [-0.05, 0) is 42.0 Å². The Bertz CT molecular complexity index is 1140. The number of fused-ring (bicyclic) bond motifs is 1. The van der Waals surface area contributed by atoms with E-state index >= 15 is 0 Å². The highest BCUT2D eigenvalue weighted by Gasteiger charge is 2.18. The summed E-state index contributed by atoms with van der Waals surface area (Å²) in [5, 5.41) is 7.01. The quantitative estimate of drug-likeness (QED) is 0.538. The second-order valence-electron chi connectivity index (χ2n) is 6.09. The highest BCUT2D eigenvalue weighted by molar-refractivity contribution is 5.93. The van der Waals surface area contributed by atoms with Crippen molar-refractivity contribution in [1.29, 1.82) is 0 Å². The van der Waals surface area contributed by atoms with Crippen LogP contribution < -0.4 is 10.1 Å². The lowest BCUT2D eigenvalue weighted by Crippen LogP contribution is -2.28. The molecule has 0 atom stereocenters. The summed E-state index contributed by atoms with van der Waals surface area (Å²) >= 11 is 0.